The standard InChI is InChI=1S/C17H19BO3/c19-18(20)15-8-3-5-13(11-15)12-21-17-10-4-7-14-6-1-2-9-16(14)17/h1-3,5-6,8-9,11,17,19-20H,4,7,10,12H2. The van der Waals surface area contributed by atoms with E-state index in [0.717, 1.165) is 24.8 Å². The molecule has 2 aromatic rings. The Kier molecular flexibility index (Phi) is 4.39. The smallest absolute Gasteiger partial charge is 0.423 e. The Balaban J connectivity index is 1.70. The Morgan fingerprint density at radius 1 is 1.10 bits per heavy atom. The van der Waals surface area contributed by atoms with Gasteiger partial charge in [-0.2, -0.15) is 0 Å². The predicted molar refractivity (Wildman–Crippen MR) is 83.2 cm³/mol. The quantitative estimate of drug-likeness (QED) is 0.843. The van der Waals surface area contributed by atoms with Crippen molar-refractivity contribution in [2.75, 3.05) is 0 Å². The Morgan fingerprint density at radius 3 is 2.81 bits per heavy atom. The third-order valence-corrected chi connectivity index (χ3v) is 4.01. The van der Waals surface area contributed by atoms with Crippen LogP contribution in [0, 0.1) is 0 Å². The molecule has 0 heterocycles. The second kappa shape index (κ2) is 6.44. The minimum absolute atomic E-state index is 0.137. The van der Waals surface area contributed by atoms with Crippen LogP contribution >= 0.6 is 0 Å². The normalized spacial score (nSPS) is 17.3. The summed E-state index contributed by atoms with van der Waals surface area (Å²) in [5, 5.41) is 18.4. The molecule has 0 aromatic heterocycles. The fraction of sp³-hybridized carbons (Fsp3) is 0.294. The van der Waals surface area contributed by atoms with Crippen LogP contribution < -0.4 is 5.46 Å². The summed E-state index contributed by atoms with van der Waals surface area (Å²) < 4.78 is 6.07. The number of hydrogen-bond donors (Lipinski definition) is 2. The van der Waals surface area contributed by atoms with Crippen LogP contribution in [-0.4, -0.2) is 17.2 Å². The monoisotopic (exact) mass is 282 g/mol. The molecule has 21 heavy (non-hydrogen) atoms. The van der Waals surface area contributed by atoms with Gasteiger partial charge >= 0.3 is 7.12 Å². The molecule has 3 rings (SSSR count). The van der Waals surface area contributed by atoms with E-state index in [0.29, 0.717) is 12.1 Å². The van der Waals surface area contributed by atoms with Crippen LogP contribution in [0.3, 0.4) is 0 Å². The summed E-state index contributed by atoms with van der Waals surface area (Å²) in [6.07, 6.45) is 3.45. The molecule has 3 nitrogen and oxygen atoms in total. The van der Waals surface area contributed by atoms with Gasteiger partial charge in [0.05, 0.1) is 12.7 Å². The zero-order valence-corrected chi connectivity index (χ0v) is 11.9. The van der Waals surface area contributed by atoms with Gasteiger partial charge in [-0.1, -0.05) is 48.5 Å². The molecule has 2 N–H and O–H groups in total. The third kappa shape index (κ3) is 3.35. The summed E-state index contributed by atoms with van der Waals surface area (Å²) in [6.45, 7) is 0.486. The van der Waals surface area contributed by atoms with Gasteiger partial charge in [0.2, 0.25) is 0 Å². The molecule has 0 fully saturated rings. The highest BCUT2D eigenvalue weighted by Crippen LogP contribution is 2.32. The SMILES string of the molecule is OB(O)c1cccc(COC2CCCc3ccccc32)c1. The molecular formula is C17H19BO3. The van der Waals surface area contributed by atoms with E-state index in [1.54, 1.807) is 12.1 Å². The van der Waals surface area contributed by atoms with Gasteiger partial charge in [-0.3, -0.25) is 0 Å². The average molecular weight is 282 g/mol. The second-order valence-corrected chi connectivity index (χ2v) is 5.51. The molecule has 2 aromatic carbocycles. The van der Waals surface area contributed by atoms with Crippen LogP contribution in [0.1, 0.15) is 35.6 Å². The van der Waals surface area contributed by atoms with Crippen LogP contribution in [0.4, 0.5) is 0 Å². The minimum Gasteiger partial charge on any atom is -0.423 e. The van der Waals surface area contributed by atoms with Gasteiger partial charge in [-0.15, -0.1) is 0 Å². The summed E-state index contributed by atoms with van der Waals surface area (Å²) in [4.78, 5) is 0. The van der Waals surface area contributed by atoms with Crippen molar-refractivity contribution in [2.24, 2.45) is 0 Å². The van der Waals surface area contributed by atoms with E-state index >= 15 is 0 Å². The molecule has 1 unspecified atom stereocenters. The lowest BCUT2D eigenvalue weighted by atomic mass is 9.80. The van der Waals surface area contributed by atoms with Gasteiger partial charge < -0.3 is 14.8 Å². The lowest BCUT2D eigenvalue weighted by Gasteiger charge is -2.25. The van der Waals surface area contributed by atoms with Crippen molar-refractivity contribution in [1.29, 1.82) is 0 Å². The first-order chi connectivity index (χ1) is 10.2. The fourth-order valence-electron chi connectivity index (χ4n) is 2.92. The van der Waals surface area contributed by atoms with Gasteiger partial charge in [0.25, 0.3) is 0 Å². The van der Waals surface area contributed by atoms with E-state index in [2.05, 4.69) is 24.3 Å². The number of rotatable bonds is 4. The highest BCUT2D eigenvalue weighted by Gasteiger charge is 2.20. The summed E-state index contributed by atoms with van der Waals surface area (Å²) in [5.41, 5.74) is 4.14. The molecule has 0 radical (unpaired) electrons. The first-order valence-corrected chi connectivity index (χ1v) is 7.38. The molecule has 4 heteroatoms. The third-order valence-electron chi connectivity index (χ3n) is 4.01. The van der Waals surface area contributed by atoms with Gasteiger partial charge in [0, 0.05) is 0 Å². The molecule has 0 amide bonds. The van der Waals surface area contributed by atoms with Gasteiger partial charge in [0.1, 0.15) is 0 Å². The van der Waals surface area contributed by atoms with Crippen LogP contribution in [0.25, 0.3) is 0 Å². The van der Waals surface area contributed by atoms with Crippen molar-refractivity contribution in [3.63, 3.8) is 0 Å². The van der Waals surface area contributed by atoms with E-state index in [9.17, 15) is 10.0 Å². The summed E-state index contributed by atoms with van der Waals surface area (Å²) in [6, 6.07) is 15.7. The van der Waals surface area contributed by atoms with Gasteiger partial charge in [0.15, 0.2) is 0 Å². The first-order valence-electron chi connectivity index (χ1n) is 7.38. The molecule has 0 spiro atoms. The lowest BCUT2D eigenvalue weighted by molar-refractivity contribution is 0.0283. The Labute approximate surface area is 125 Å². The van der Waals surface area contributed by atoms with Crippen molar-refractivity contribution in [3.8, 4) is 0 Å². The van der Waals surface area contributed by atoms with E-state index in [1.165, 1.54) is 11.1 Å². The fourth-order valence-corrected chi connectivity index (χ4v) is 2.92. The van der Waals surface area contributed by atoms with Crippen molar-refractivity contribution in [1.82, 2.24) is 0 Å². The maximum Gasteiger partial charge on any atom is 0.488 e. The topological polar surface area (TPSA) is 49.7 Å². The number of aryl methyl sites for hydroxylation is 1. The van der Waals surface area contributed by atoms with E-state index in [1.807, 2.05) is 12.1 Å². The van der Waals surface area contributed by atoms with Crippen LogP contribution in [0.5, 0.6) is 0 Å². The maximum atomic E-state index is 9.21. The number of ether oxygens (including phenoxy) is 1. The molecular weight excluding hydrogens is 263 g/mol. The zero-order valence-electron chi connectivity index (χ0n) is 11.9. The van der Waals surface area contributed by atoms with Gasteiger partial charge in [-0.05, 0) is 41.4 Å². The molecule has 0 aliphatic heterocycles. The molecule has 1 aliphatic rings. The lowest BCUT2D eigenvalue weighted by Crippen LogP contribution is -2.29. The highest BCUT2D eigenvalue weighted by molar-refractivity contribution is 6.58. The van der Waals surface area contributed by atoms with Gasteiger partial charge in [-0.25, -0.2) is 0 Å². The Morgan fingerprint density at radius 2 is 1.95 bits per heavy atom. The highest BCUT2D eigenvalue weighted by atomic mass is 16.5. The largest absolute Gasteiger partial charge is 0.488 e. The predicted octanol–water partition coefficient (Wildman–Crippen LogP) is 1.96. The molecule has 108 valence electrons. The van der Waals surface area contributed by atoms with Crippen molar-refractivity contribution >= 4 is 12.6 Å². The zero-order chi connectivity index (χ0) is 14.7. The molecule has 0 saturated carbocycles. The van der Waals surface area contributed by atoms with E-state index < -0.39 is 7.12 Å². The molecule has 0 bridgehead atoms. The summed E-state index contributed by atoms with van der Waals surface area (Å²) in [7, 11) is -1.43. The Hall–Kier alpha value is -1.62. The maximum absolute atomic E-state index is 9.21. The van der Waals surface area contributed by atoms with Crippen molar-refractivity contribution < 1.29 is 14.8 Å². The molecule has 1 aliphatic carbocycles. The number of fused-ring (bicyclic) bond motifs is 1. The van der Waals surface area contributed by atoms with Crippen LogP contribution in [0.2, 0.25) is 0 Å². The van der Waals surface area contributed by atoms with Crippen LogP contribution in [0.15, 0.2) is 48.5 Å². The summed E-state index contributed by atoms with van der Waals surface area (Å²) in [5.74, 6) is 0. The molecule has 1 atom stereocenters. The average Bonchev–Trinajstić information content (AvgIpc) is 2.53. The van der Waals surface area contributed by atoms with E-state index in [4.69, 9.17) is 4.74 Å². The summed E-state index contributed by atoms with van der Waals surface area (Å²) >= 11 is 0. The van der Waals surface area contributed by atoms with Crippen molar-refractivity contribution in [3.05, 3.63) is 65.2 Å². The Bertz CT molecular complexity index is 612. The van der Waals surface area contributed by atoms with E-state index in [-0.39, 0.29) is 6.10 Å². The minimum atomic E-state index is -1.43. The molecule has 0 saturated heterocycles. The number of benzene rings is 2. The van der Waals surface area contributed by atoms with Crippen molar-refractivity contribution in [2.45, 2.75) is 32.0 Å². The first kappa shape index (κ1) is 14.3. The number of hydrogen-bond acceptors (Lipinski definition) is 3. The second-order valence-electron chi connectivity index (χ2n) is 5.51. The van der Waals surface area contributed by atoms with Crippen LogP contribution in [-0.2, 0) is 17.8 Å².